The van der Waals surface area contributed by atoms with E-state index in [4.69, 9.17) is 0 Å². The zero-order valence-corrected chi connectivity index (χ0v) is 14.3. The van der Waals surface area contributed by atoms with E-state index >= 15 is 0 Å². The fraction of sp³-hybridized carbons (Fsp3) is 0.0952. The number of fused-ring (bicyclic) bond motifs is 1. The molecule has 4 aromatic rings. The fourth-order valence-electron chi connectivity index (χ4n) is 3.00. The number of rotatable bonds is 4. The Balaban J connectivity index is 1.69. The molecule has 0 saturated carbocycles. The Hall–Kier alpha value is -3.65. The lowest BCUT2D eigenvalue weighted by Gasteiger charge is -2.13. The van der Waals surface area contributed by atoms with Gasteiger partial charge in [-0.1, -0.05) is 36.4 Å². The summed E-state index contributed by atoms with van der Waals surface area (Å²) >= 11 is 0. The average molecular weight is 339 g/mol. The van der Waals surface area contributed by atoms with E-state index in [0.717, 1.165) is 33.5 Å². The zero-order chi connectivity index (χ0) is 17.9. The summed E-state index contributed by atoms with van der Waals surface area (Å²) in [7, 11) is 0. The Labute approximate surface area is 151 Å². The van der Waals surface area contributed by atoms with Gasteiger partial charge < -0.3 is 5.32 Å². The maximum atomic E-state index is 9.25. The van der Waals surface area contributed by atoms with Gasteiger partial charge in [-0.3, -0.25) is 0 Å². The van der Waals surface area contributed by atoms with E-state index in [0.29, 0.717) is 12.2 Å². The van der Waals surface area contributed by atoms with Gasteiger partial charge in [0.1, 0.15) is 11.8 Å². The minimum atomic E-state index is 0.405. The van der Waals surface area contributed by atoms with Crippen LogP contribution in [0.25, 0.3) is 16.6 Å². The number of hydrogen-bond donors (Lipinski definition) is 1. The van der Waals surface area contributed by atoms with Crippen LogP contribution in [0.3, 0.4) is 0 Å². The smallest absolute Gasteiger partial charge is 0.143 e. The van der Waals surface area contributed by atoms with Crippen LogP contribution in [0.5, 0.6) is 0 Å². The topological polar surface area (TPSA) is 66.5 Å². The Kier molecular flexibility index (Phi) is 4.08. The number of pyridine rings is 1. The van der Waals surface area contributed by atoms with E-state index in [9.17, 15) is 5.26 Å². The number of para-hydroxylation sites is 2. The highest BCUT2D eigenvalue weighted by Crippen LogP contribution is 2.24. The van der Waals surface area contributed by atoms with Gasteiger partial charge in [0.25, 0.3) is 0 Å². The highest BCUT2D eigenvalue weighted by atomic mass is 15.3. The van der Waals surface area contributed by atoms with Crippen LogP contribution in [0.15, 0.2) is 66.9 Å². The standard InChI is InChI=1S/C21H17N5/c1-15-10-11-26(25-15)21-9-5-2-6-16(21)14-23-20-12-17(13-22)24-19-8-4-3-7-18(19)20/h2-12H,14H2,1H3,(H,23,24). The summed E-state index contributed by atoms with van der Waals surface area (Å²) in [5.74, 6) is 0. The van der Waals surface area contributed by atoms with Gasteiger partial charge in [0.05, 0.1) is 16.9 Å². The summed E-state index contributed by atoms with van der Waals surface area (Å²) in [4.78, 5) is 4.36. The molecule has 0 aliphatic rings. The van der Waals surface area contributed by atoms with Gasteiger partial charge in [-0.05, 0) is 36.8 Å². The van der Waals surface area contributed by atoms with Crippen molar-refractivity contribution < 1.29 is 0 Å². The van der Waals surface area contributed by atoms with Crippen molar-refractivity contribution >= 4 is 16.6 Å². The third-order valence-corrected chi connectivity index (χ3v) is 4.26. The monoisotopic (exact) mass is 339 g/mol. The van der Waals surface area contributed by atoms with Crippen molar-refractivity contribution in [1.82, 2.24) is 14.8 Å². The molecule has 0 fully saturated rings. The number of aromatic nitrogens is 3. The molecular formula is C21H17N5. The zero-order valence-electron chi connectivity index (χ0n) is 14.3. The second-order valence-corrected chi connectivity index (χ2v) is 6.07. The van der Waals surface area contributed by atoms with Gasteiger partial charge in [0.2, 0.25) is 0 Å². The van der Waals surface area contributed by atoms with Crippen molar-refractivity contribution in [1.29, 1.82) is 5.26 Å². The van der Waals surface area contributed by atoms with Gasteiger partial charge in [0, 0.05) is 23.8 Å². The van der Waals surface area contributed by atoms with Crippen molar-refractivity contribution in [2.24, 2.45) is 0 Å². The summed E-state index contributed by atoms with van der Waals surface area (Å²) in [5, 5.41) is 18.2. The molecule has 26 heavy (non-hydrogen) atoms. The number of nitrogens with zero attached hydrogens (tertiary/aromatic N) is 4. The SMILES string of the molecule is Cc1ccn(-c2ccccc2CNc2cc(C#N)nc3ccccc23)n1. The second kappa shape index (κ2) is 6.69. The summed E-state index contributed by atoms with van der Waals surface area (Å²) in [5.41, 5.74) is 5.25. The lowest BCUT2D eigenvalue weighted by Crippen LogP contribution is -2.06. The third-order valence-electron chi connectivity index (χ3n) is 4.26. The molecule has 0 saturated heterocycles. The van der Waals surface area contributed by atoms with E-state index in [1.807, 2.05) is 60.3 Å². The molecule has 0 bridgehead atoms. The Bertz CT molecular complexity index is 1120. The van der Waals surface area contributed by atoms with Gasteiger partial charge >= 0.3 is 0 Å². The third kappa shape index (κ3) is 3.01. The number of nitrogens with one attached hydrogen (secondary N) is 1. The van der Waals surface area contributed by atoms with Crippen LogP contribution in [0.1, 0.15) is 17.0 Å². The quantitative estimate of drug-likeness (QED) is 0.605. The molecule has 0 spiro atoms. The van der Waals surface area contributed by atoms with E-state index in [-0.39, 0.29) is 0 Å². The molecule has 4 rings (SSSR count). The largest absolute Gasteiger partial charge is 0.380 e. The normalized spacial score (nSPS) is 10.6. The van der Waals surface area contributed by atoms with Gasteiger partial charge in [-0.15, -0.1) is 0 Å². The molecule has 0 aliphatic heterocycles. The first kappa shape index (κ1) is 15.9. The van der Waals surface area contributed by atoms with Crippen LogP contribution >= 0.6 is 0 Å². The highest BCUT2D eigenvalue weighted by molar-refractivity contribution is 5.91. The van der Waals surface area contributed by atoms with E-state index in [1.165, 1.54) is 0 Å². The van der Waals surface area contributed by atoms with Crippen molar-refractivity contribution in [3.63, 3.8) is 0 Å². The predicted octanol–water partition coefficient (Wildman–Crippen LogP) is 4.21. The lowest BCUT2D eigenvalue weighted by molar-refractivity contribution is 0.848. The molecule has 0 radical (unpaired) electrons. The summed E-state index contributed by atoms with van der Waals surface area (Å²) in [6, 6.07) is 21.9. The summed E-state index contributed by atoms with van der Waals surface area (Å²) in [6.07, 6.45) is 1.96. The average Bonchev–Trinajstić information content (AvgIpc) is 3.12. The molecule has 0 unspecified atom stereocenters. The molecule has 2 aromatic carbocycles. The number of nitriles is 1. The predicted molar refractivity (Wildman–Crippen MR) is 102 cm³/mol. The van der Waals surface area contributed by atoms with Gasteiger partial charge in [-0.2, -0.15) is 10.4 Å². The number of anilines is 1. The maximum absolute atomic E-state index is 9.25. The van der Waals surface area contributed by atoms with Crippen LogP contribution < -0.4 is 5.32 Å². The van der Waals surface area contributed by atoms with Gasteiger partial charge in [-0.25, -0.2) is 9.67 Å². The first-order valence-electron chi connectivity index (χ1n) is 8.39. The number of aryl methyl sites for hydroxylation is 1. The van der Waals surface area contributed by atoms with Crippen LogP contribution in [-0.2, 0) is 6.54 Å². The van der Waals surface area contributed by atoms with Crippen molar-refractivity contribution in [3.05, 3.63) is 83.8 Å². The molecular weight excluding hydrogens is 322 g/mol. The Morgan fingerprint density at radius 3 is 2.69 bits per heavy atom. The van der Waals surface area contributed by atoms with Crippen LogP contribution in [-0.4, -0.2) is 14.8 Å². The number of benzene rings is 2. The van der Waals surface area contributed by atoms with Gasteiger partial charge in [0.15, 0.2) is 0 Å². The molecule has 2 aromatic heterocycles. The van der Waals surface area contributed by atoms with Crippen LogP contribution in [0, 0.1) is 18.3 Å². The molecule has 5 nitrogen and oxygen atoms in total. The minimum absolute atomic E-state index is 0.405. The first-order chi connectivity index (χ1) is 12.7. The maximum Gasteiger partial charge on any atom is 0.143 e. The molecule has 1 N–H and O–H groups in total. The van der Waals surface area contributed by atoms with E-state index < -0.39 is 0 Å². The van der Waals surface area contributed by atoms with E-state index in [2.05, 4.69) is 33.6 Å². The molecule has 0 aliphatic carbocycles. The van der Waals surface area contributed by atoms with E-state index in [1.54, 1.807) is 6.07 Å². The van der Waals surface area contributed by atoms with Crippen LogP contribution in [0.4, 0.5) is 5.69 Å². The van der Waals surface area contributed by atoms with Crippen LogP contribution in [0.2, 0.25) is 0 Å². The fourth-order valence-corrected chi connectivity index (χ4v) is 3.00. The molecule has 0 amide bonds. The second-order valence-electron chi connectivity index (χ2n) is 6.07. The van der Waals surface area contributed by atoms with Crippen molar-refractivity contribution in [2.75, 3.05) is 5.32 Å². The molecule has 2 heterocycles. The minimum Gasteiger partial charge on any atom is -0.380 e. The Morgan fingerprint density at radius 2 is 1.88 bits per heavy atom. The Morgan fingerprint density at radius 1 is 1.08 bits per heavy atom. The highest BCUT2D eigenvalue weighted by Gasteiger charge is 2.08. The first-order valence-corrected chi connectivity index (χ1v) is 8.39. The summed E-state index contributed by atoms with van der Waals surface area (Å²) < 4.78 is 1.89. The molecule has 126 valence electrons. The summed E-state index contributed by atoms with van der Waals surface area (Å²) in [6.45, 7) is 2.60. The molecule has 5 heteroatoms. The lowest BCUT2D eigenvalue weighted by atomic mass is 10.1. The van der Waals surface area contributed by atoms with Crippen molar-refractivity contribution in [2.45, 2.75) is 13.5 Å². The van der Waals surface area contributed by atoms with Crippen molar-refractivity contribution in [3.8, 4) is 11.8 Å². The molecule has 0 atom stereocenters. The number of hydrogen-bond acceptors (Lipinski definition) is 4.